The van der Waals surface area contributed by atoms with E-state index in [2.05, 4.69) is 10.3 Å². The summed E-state index contributed by atoms with van der Waals surface area (Å²) < 4.78 is 5.81. The number of rotatable bonds is 5. The molecule has 2 rings (SSSR count). The van der Waals surface area contributed by atoms with Gasteiger partial charge in [0.15, 0.2) is 0 Å². The van der Waals surface area contributed by atoms with Crippen molar-refractivity contribution < 1.29 is 14.6 Å². The SMILES string of the molecule is O=C(NCCO)c1ccnc(OC2CCCCC2)c1. The molecule has 0 bridgehead atoms. The highest BCUT2D eigenvalue weighted by Crippen LogP contribution is 2.22. The second kappa shape index (κ2) is 7.09. The van der Waals surface area contributed by atoms with Gasteiger partial charge in [-0.3, -0.25) is 4.79 Å². The lowest BCUT2D eigenvalue weighted by Gasteiger charge is -2.22. The summed E-state index contributed by atoms with van der Waals surface area (Å²) in [5.74, 6) is 0.286. The summed E-state index contributed by atoms with van der Waals surface area (Å²) >= 11 is 0. The van der Waals surface area contributed by atoms with Crippen molar-refractivity contribution in [1.82, 2.24) is 10.3 Å². The number of aromatic nitrogens is 1. The van der Waals surface area contributed by atoms with Crippen LogP contribution in [-0.2, 0) is 0 Å². The van der Waals surface area contributed by atoms with Crippen LogP contribution in [0.4, 0.5) is 0 Å². The molecule has 1 fully saturated rings. The van der Waals surface area contributed by atoms with Crippen LogP contribution in [0.1, 0.15) is 42.5 Å². The van der Waals surface area contributed by atoms with Crippen LogP contribution < -0.4 is 10.1 Å². The Morgan fingerprint density at radius 2 is 2.21 bits per heavy atom. The highest BCUT2D eigenvalue weighted by molar-refractivity contribution is 5.94. The van der Waals surface area contributed by atoms with Gasteiger partial charge in [0.05, 0.1) is 6.61 Å². The van der Waals surface area contributed by atoms with E-state index in [1.54, 1.807) is 18.3 Å². The number of carbonyl (C=O) groups excluding carboxylic acids is 1. The lowest BCUT2D eigenvalue weighted by Crippen LogP contribution is -2.26. The molecule has 19 heavy (non-hydrogen) atoms. The van der Waals surface area contributed by atoms with Gasteiger partial charge in [-0.15, -0.1) is 0 Å². The summed E-state index contributed by atoms with van der Waals surface area (Å²) in [5, 5.41) is 11.3. The lowest BCUT2D eigenvalue weighted by atomic mass is 9.98. The van der Waals surface area contributed by atoms with Gasteiger partial charge in [0.25, 0.3) is 5.91 Å². The average molecular weight is 264 g/mol. The van der Waals surface area contributed by atoms with Crippen LogP contribution in [0, 0.1) is 0 Å². The molecule has 2 N–H and O–H groups in total. The quantitative estimate of drug-likeness (QED) is 0.845. The summed E-state index contributed by atoms with van der Waals surface area (Å²) in [5.41, 5.74) is 0.509. The Balaban J connectivity index is 1.95. The molecule has 0 atom stereocenters. The fourth-order valence-corrected chi connectivity index (χ4v) is 2.24. The first-order valence-electron chi connectivity index (χ1n) is 6.81. The zero-order chi connectivity index (χ0) is 13.5. The van der Waals surface area contributed by atoms with Gasteiger partial charge in [-0.25, -0.2) is 4.98 Å². The van der Waals surface area contributed by atoms with E-state index in [1.165, 1.54) is 19.3 Å². The lowest BCUT2D eigenvalue weighted by molar-refractivity contribution is 0.0943. The number of hydrogen-bond acceptors (Lipinski definition) is 4. The smallest absolute Gasteiger partial charge is 0.251 e. The van der Waals surface area contributed by atoms with Crippen molar-refractivity contribution in [3.8, 4) is 5.88 Å². The van der Waals surface area contributed by atoms with Crippen LogP contribution >= 0.6 is 0 Å². The zero-order valence-electron chi connectivity index (χ0n) is 11.0. The molecule has 0 unspecified atom stereocenters. The zero-order valence-corrected chi connectivity index (χ0v) is 11.0. The second-order valence-electron chi connectivity index (χ2n) is 4.74. The number of carbonyl (C=O) groups is 1. The maximum atomic E-state index is 11.7. The van der Waals surface area contributed by atoms with Gasteiger partial charge < -0.3 is 15.2 Å². The molecule has 1 aromatic rings. The van der Waals surface area contributed by atoms with Gasteiger partial charge in [-0.05, 0) is 31.7 Å². The molecule has 1 heterocycles. The fraction of sp³-hybridized carbons (Fsp3) is 0.571. The second-order valence-corrected chi connectivity index (χ2v) is 4.74. The van der Waals surface area contributed by atoms with E-state index in [1.807, 2.05) is 0 Å². The molecule has 1 aromatic heterocycles. The number of nitrogens with one attached hydrogen (secondary N) is 1. The largest absolute Gasteiger partial charge is 0.474 e. The topological polar surface area (TPSA) is 71.5 Å². The van der Waals surface area contributed by atoms with Crippen molar-refractivity contribution in [2.75, 3.05) is 13.2 Å². The molecular formula is C14H20N2O3. The van der Waals surface area contributed by atoms with Gasteiger partial charge in [0.2, 0.25) is 5.88 Å². The minimum Gasteiger partial charge on any atom is -0.474 e. The minimum absolute atomic E-state index is 0.0672. The van der Waals surface area contributed by atoms with Crippen LogP contribution in [0.3, 0.4) is 0 Å². The molecule has 1 amide bonds. The normalized spacial score (nSPS) is 16.1. The van der Waals surface area contributed by atoms with E-state index in [4.69, 9.17) is 9.84 Å². The maximum absolute atomic E-state index is 11.7. The van der Waals surface area contributed by atoms with Gasteiger partial charge in [0.1, 0.15) is 6.10 Å². The average Bonchev–Trinajstić information content (AvgIpc) is 2.46. The van der Waals surface area contributed by atoms with Crippen molar-refractivity contribution in [2.45, 2.75) is 38.2 Å². The molecule has 5 nitrogen and oxygen atoms in total. The summed E-state index contributed by atoms with van der Waals surface area (Å²) in [6, 6.07) is 3.29. The number of aliphatic hydroxyl groups excluding tert-OH is 1. The maximum Gasteiger partial charge on any atom is 0.251 e. The van der Waals surface area contributed by atoms with Crippen LogP contribution in [0.25, 0.3) is 0 Å². The Hall–Kier alpha value is -1.62. The first-order valence-corrected chi connectivity index (χ1v) is 6.81. The highest BCUT2D eigenvalue weighted by Gasteiger charge is 2.16. The standard InChI is InChI=1S/C14H20N2O3/c17-9-8-16-14(18)11-6-7-15-13(10-11)19-12-4-2-1-3-5-12/h6-7,10,12,17H,1-5,8-9H2,(H,16,18). The number of amides is 1. The number of pyridine rings is 1. The summed E-state index contributed by atoms with van der Waals surface area (Å²) in [6.45, 7) is 0.183. The van der Waals surface area contributed by atoms with Gasteiger partial charge in [-0.1, -0.05) is 6.42 Å². The van der Waals surface area contributed by atoms with Crippen LogP contribution in [0.15, 0.2) is 18.3 Å². The number of nitrogens with zero attached hydrogens (tertiary/aromatic N) is 1. The molecule has 104 valence electrons. The van der Waals surface area contributed by atoms with E-state index in [-0.39, 0.29) is 25.2 Å². The van der Waals surface area contributed by atoms with E-state index in [9.17, 15) is 4.79 Å². The van der Waals surface area contributed by atoms with Crippen molar-refractivity contribution >= 4 is 5.91 Å². The van der Waals surface area contributed by atoms with E-state index < -0.39 is 0 Å². The molecule has 0 aliphatic heterocycles. The van der Waals surface area contributed by atoms with E-state index in [0.29, 0.717) is 11.4 Å². The molecule has 1 saturated carbocycles. The summed E-state index contributed by atoms with van der Waals surface area (Å²) in [6.07, 6.45) is 7.58. The van der Waals surface area contributed by atoms with Crippen LogP contribution in [0.5, 0.6) is 5.88 Å². The predicted octanol–water partition coefficient (Wildman–Crippen LogP) is 1.52. The van der Waals surface area contributed by atoms with Crippen molar-refractivity contribution in [2.24, 2.45) is 0 Å². The third kappa shape index (κ3) is 4.21. The fourth-order valence-electron chi connectivity index (χ4n) is 2.24. The molecule has 0 saturated heterocycles. The molecule has 1 aliphatic rings. The Labute approximate surface area is 113 Å². The minimum atomic E-state index is -0.218. The van der Waals surface area contributed by atoms with Crippen molar-refractivity contribution in [1.29, 1.82) is 0 Å². The molecule has 0 aromatic carbocycles. The summed E-state index contributed by atoms with van der Waals surface area (Å²) in [7, 11) is 0. The van der Waals surface area contributed by atoms with Gasteiger partial charge in [0, 0.05) is 24.4 Å². The predicted molar refractivity (Wildman–Crippen MR) is 71.2 cm³/mol. The van der Waals surface area contributed by atoms with Crippen LogP contribution in [0.2, 0.25) is 0 Å². The molecule has 1 aliphatic carbocycles. The number of aliphatic hydroxyl groups is 1. The monoisotopic (exact) mass is 264 g/mol. The number of hydrogen-bond donors (Lipinski definition) is 2. The molecule has 0 spiro atoms. The van der Waals surface area contributed by atoms with Crippen molar-refractivity contribution in [3.05, 3.63) is 23.9 Å². The Bertz CT molecular complexity index is 417. The third-order valence-electron chi connectivity index (χ3n) is 3.23. The first-order chi connectivity index (χ1) is 9.29. The Morgan fingerprint density at radius 3 is 2.95 bits per heavy atom. The third-order valence-corrected chi connectivity index (χ3v) is 3.23. The van der Waals surface area contributed by atoms with Gasteiger partial charge >= 0.3 is 0 Å². The van der Waals surface area contributed by atoms with E-state index >= 15 is 0 Å². The van der Waals surface area contributed by atoms with Gasteiger partial charge in [-0.2, -0.15) is 0 Å². The Morgan fingerprint density at radius 1 is 1.42 bits per heavy atom. The van der Waals surface area contributed by atoms with Crippen molar-refractivity contribution in [3.63, 3.8) is 0 Å². The first kappa shape index (κ1) is 13.8. The molecule has 0 radical (unpaired) electrons. The summed E-state index contributed by atoms with van der Waals surface area (Å²) in [4.78, 5) is 15.9. The molecular weight excluding hydrogens is 244 g/mol. The number of ether oxygens (including phenoxy) is 1. The molecule has 5 heteroatoms. The van der Waals surface area contributed by atoms with Crippen LogP contribution in [-0.4, -0.2) is 35.3 Å². The van der Waals surface area contributed by atoms with E-state index in [0.717, 1.165) is 12.8 Å². The highest BCUT2D eigenvalue weighted by atomic mass is 16.5. The Kier molecular flexibility index (Phi) is 5.15.